The predicted molar refractivity (Wildman–Crippen MR) is 109 cm³/mol. The van der Waals surface area contributed by atoms with Crippen molar-refractivity contribution in [3.8, 4) is 11.5 Å². The van der Waals surface area contributed by atoms with Gasteiger partial charge in [-0.25, -0.2) is 0 Å². The normalized spacial score (nSPS) is 22.8. The molecule has 4 rings (SSSR count). The first kappa shape index (κ1) is 18.9. The van der Waals surface area contributed by atoms with Gasteiger partial charge in [0.2, 0.25) is 5.91 Å². The smallest absolute Gasteiger partial charge is 0.220 e. The van der Waals surface area contributed by atoms with Crippen molar-refractivity contribution in [3.63, 3.8) is 0 Å². The van der Waals surface area contributed by atoms with Crippen molar-refractivity contribution in [1.29, 1.82) is 0 Å². The van der Waals surface area contributed by atoms with Crippen LogP contribution in [0, 0.1) is 17.8 Å². The van der Waals surface area contributed by atoms with Gasteiger partial charge >= 0.3 is 0 Å². The number of hydrogen-bond donors (Lipinski definition) is 1. The van der Waals surface area contributed by atoms with Crippen molar-refractivity contribution in [3.05, 3.63) is 59.7 Å². The molecule has 0 unspecified atom stereocenters. The molecule has 2 aliphatic rings. The molecule has 4 heteroatoms. The minimum absolute atomic E-state index is 0.168. The summed E-state index contributed by atoms with van der Waals surface area (Å²) in [6.07, 6.45) is 5.97. The minimum atomic E-state index is 0.168. The fourth-order valence-electron chi connectivity index (χ4n) is 4.81. The molecule has 0 radical (unpaired) electrons. The van der Waals surface area contributed by atoms with E-state index in [9.17, 15) is 4.79 Å². The van der Waals surface area contributed by atoms with Gasteiger partial charge in [-0.2, -0.15) is 0 Å². The first-order valence-corrected chi connectivity index (χ1v) is 10.3. The van der Waals surface area contributed by atoms with E-state index in [1.807, 2.05) is 48.5 Å². The van der Waals surface area contributed by atoms with Gasteiger partial charge in [0.15, 0.2) is 11.5 Å². The van der Waals surface area contributed by atoms with E-state index in [1.165, 1.54) is 25.7 Å². The number of benzene rings is 2. The zero-order valence-corrected chi connectivity index (χ0v) is 16.5. The summed E-state index contributed by atoms with van der Waals surface area (Å²) in [4.78, 5) is 12.4. The summed E-state index contributed by atoms with van der Waals surface area (Å²) in [5.41, 5.74) is 2.13. The van der Waals surface area contributed by atoms with E-state index in [0.29, 0.717) is 37.0 Å². The Hall–Kier alpha value is -2.49. The molecule has 2 aromatic rings. The van der Waals surface area contributed by atoms with Crippen LogP contribution in [-0.2, 0) is 17.9 Å². The van der Waals surface area contributed by atoms with Crippen LogP contribution in [0.25, 0.3) is 0 Å². The largest absolute Gasteiger partial charge is 0.493 e. The molecule has 2 bridgehead atoms. The third-order valence-corrected chi connectivity index (χ3v) is 6.29. The van der Waals surface area contributed by atoms with Gasteiger partial charge in [0.05, 0.1) is 7.11 Å². The van der Waals surface area contributed by atoms with Crippen molar-refractivity contribution in [2.75, 3.05) is 7.11 Å². The van der Waals surface area contributed by atoms with E-state index < -0.39 is 0 Å². The number of hydrogen-bond acceptors (Lipinski definition) is 3. The summed E-state index contributed by atoms with van der Waals surface area (Å²) in [5, 5.41) is 3.08. The molecular formula is C24H29NO3. The Labute approximate surface area is 167 Å². The Bertz CT molecular complexity index is 805. The highest BCUT2D eigenvalue weighted by Crippen LogP contribution is 2.49. The van der Waals surface area contributed by atoms with E-state index in [1.54, 1.807) is 7.11 Å². The molecule has 2 saturated carbocycles. The quantitative estimate of drug-likeness (QED) is 0.722. The van der Waals surface area contributed by atoms with Gasteiger partial charge < -0.3 is 14.8 Å². The van der Waals surface area contributed by atoms with Gasteiger partial charge in [-0.3, -0.25) is 4.79 Å². The lowest BCUT2D eigenvalue weighted by molar-refractivity contribution is -0.122. The average molecular weight is 380 g/mol. The van der Waals surface area contributed by atoms with E-state index in [0.717, 1.165) is 23.0 Å². The minimum Gasteiger partial charge on any atom is -0.493 e. The Morgan fingerprint density at radius 2 is 1.89 bits per heavy atom. The Morgan fingerprint density at radius 3 is 2.61 bits per heavy atom. The highest BCUT2D eigenvalue weighted by atomic mass is 16.5. The van der Waals surface area contributed by atoms with Crippen LogP contribution in [0.1, 0.15) is 43.2 Å². The lowest BCUT2D eigenvalue weighted by Crippen LogP contribution is -2.26. The number of rotatable bonds is 8. The second kappa shape index (κ2) is 8.68. The van der Waals surface area contributed by atoms with Crippen LogP contribution in [0.4, 0.5) is 0 Å². The van der Waals surface area contributed by atoms with Crippen molar-refractivity contribution >= 4 is 5.91 Å². The molecule has 2 fully saturated rings. The zero-order chi connectivity index (χ0) is 19.3. The highest BCUT2D eigenvalue weighted by molar-refractivity contribution is 5.76. The molecular weight excluding hydrogens is 350 g/mol. The van der Waals surface area contributed by atoms with Gasteiger partial charge in [0, 0.05) is 13.0 Å². The fourth-order valence-corrected chi connectivity index (χ4v) is 4.81. The second-order valence-corrected chi connectivity index (χ2v) is 8.18. The highest BCUT2D eigenvalue weighted by Gasteiger charge is 2.39. The van der Waals surface area contributed by atoms with Crippen LogP contribution in [0.2, 0.25) is 0 Å². The van der Waals surface area contributed by atoms with Crippen molar-refractivity contribution in [2.45, 2.75) is 45.3 Å². The number of nitrogens with one attached hydrogen (secondary N) is 1. The van der Waals surface area contributed by atoms with Crippen LogP contribution in [0.3, 0.4) is 0 Å². The zero-order valence-electron chi connectivity index (χ0n) is 16.5. The molecule has 0 aliphatic heterocycles. The summed E-state index contributed by atoms with van der Waals surface area (Å²) in [7, 11) is 1.64. The van der Waals surface area contributed by atoms with E-state index >= 15 is 0 Å². The lowest BCUT2D eigenvalue weighted by Gasteiger charge is -2.21. The first-order valence-electron chi connectivity index (χ1n) is 10.3. The molecule has 2 aromatic carbocycles. The van der Waals surface area contributed by atoms with E-state index in [4.69, 9.17) is 9.47 Å². The second-order valence-electron chi connectivity index (χ2n) is 8.18. The number of carbonyl (C=O) groups excluding carboxylic acids is 1. The Morgan fingerprint density at radius 1 is 1.04 bits per heavy atom. The molecule has 3 atom stereocenters. The van der Waals surface area contributed by atoms with Crippen molar-refractivity contribution < 1.29 is 14.3 Å². The summed E-state index contributed by atoms with van der Waals surface area (Å²) in [5.74, 6) is 3.84. The third-order valence-electron chi connectivity index (χ3n) is 6.29. The molecule has 0 saturated heterocycles. The Balaban J connectivity index is 1.29. The molecule has 0 aromatic heterocycles. The maximum atomic E-state index is 12.4. The molecule has 2 aliphatic carbocycles. The molecule has 1 N–H and O–H groups in total. The number of methoxy groups -OCH3 is 1. The maximum Gasteiger partial charge on any atom is 0.220 e. The van der Waals surface area contributed by atoms with E-state index in [-0.39, 0.29) is 5.91 Å². The first-order chi connectivity index (χ1) is 13.7. The molecule has 4 nitrogen and oxygen atoms in total. The van der Waals surface area contributed by atoms with Gasteiger partial charge in [-0.15, -0.1) is 0 Å². The predicted octanol–water partition coefficient (Wildman–Crippen LogP) is 4.72. The SMILES string of the molecule is COc1cc(CNC(=O)C[C@@H]2C[C@H]3CC[C@@H]2C3)ccc1OCc1ccccc1. The summed E-state index contributed by atoms with van der Waals surface area (Å²) in [6, 6.07) is 15.9. The summed E-state index contributed by atoms with van der Waals surface area (Å²) < 4.78 is 11.4. The van der Waals surface area contributed by atoms with Gasteiger partial charge in [-0.1, -0.05) is 42.8 Å². The van der Waals surface area contributed by atoms with Crippen LogP contribution >= 0.6 is 0 Å². The molecule has 0 spiro atoms. The van der Waals surface area contributed by atoms with Crippen LogP contribution < -0.4 is 14.8 Å². The van der Waals surface area contributed by atoms with Gasteiger partial charge in [-0.05, 0) is 60.3 Å². The number of ether oxygens (including phenoxy) is 2. The van der Waals surface area contributed by atoms with Gasteiger partial charge in [0.25, 0.3) is 0 Å². The number of amides is 1. The summed E-state index contributed by atoms with van der Waals surface area (Å²) >= 11 is 0. The van der Waals surface area contributed by atoms with Crippen molar-refractivity contribution in [2.24, 2.45) is 17.8 Å². The lowest BCUT2D eigenvalue weighted by atomic mass is 9.86. The van der Waals surface area contributed by atoms with Crippen molar-refractivity contribution in [1.82, 2.24) is 5.32 Å². The fraction of sp³-hybridized carbons (Fsp3) is 0.458. The molecule has 1 amide bonds. The number of carbonyl (C=O) groups is 1. The van der Waals surface area contributed by atoms with Gasteiger partial charge in [0.1, 0.15) is 6.61 Å². The monoisotopic (exact) mass is 379 g/mol. The van der Waals surface area contributed by atoms with E-state index in [2.05, 4.69) is 5.32 Å². The Kier molecular flexibility index (Phi) is 5.84. The maximum absolute atomic E-state index is 12.4. The topological polar surface area (TPSA) is 47.6 Å². The van der Waals surface area contributed by atoms with Crippen LogP contribution in [0.15, 0.2) is 48.5 Å². The summed E-state index contributed by atoms with van der Waals surface area (Å²) in [6.45, 7) is 1.02. The third kappa shape index (κ3) is 4.49. The molecule has 28 heavy (non-hydrogen) atoms. The standard InChI is InChI=1S/C24H29NO3/c1-27-23-13-19(8-10-22(23)28-16-17-5-3-2-4-6-17)15-25-24(26)14-21-12-18-7-9-20(21)11-18/h2-6,8,10,13,18,20-21H,7,9,11-12,14-16H2,1H3,(H,25,26)/t18-,20+,21-/m0/s1. The molecule has 148 valence electrons. The number of fused-ring (bicyclic) bond motifs is 2. The van der Waals surface area contributed by atoms with Crippen LogP contribution in [0.5, 0.6) is 11.5 Å². The average Bonchev–Trinajstić information content (AvgIpc) is 3.35. The molecule has 0 heterocycles. The van der Waals surface area contributed by atoms with Crippen LogP contribution in [-0.4, -0.2) is 13.0 Å².